The number of amides is 2. The Kier molecular flexibility index (Phi) is 5.08. The highest BCUT2D eigenvalue weighted by Gasteiger charge is 2.58. The number of para-hydroxylation sites is 2. The molecule has 29 heavy (non-hydrogen) atoms. The first-order chi connectivity index (χ1) is 13.9. The monoisotopic (exact) mass is 410 g/mol. The Morgan fingerprint density at radius 2 is 1.90 bits per heavy atom. The van der Waals surface area contributed by atoms with Crippen molar-refractivity contribution in [2.45, 2.75) is 42.4 Å². The average Bonchev–Trinajstić information content (AvgIpc) is 3.22. The highest BCUT2D eigenvalue weighted by Crippen LogP contribution is 2.56. The van der Waals surface area contributed by atoms with Crippen LogP contribution in [0.5, 0.6) is 0 Å². The predicted octanol–water partition coefficient (Wildman–Crippen LogP) is 3.92. The van der Waals surface area contributed by atoms with E-state index < -0.39 is 23.4 Å². The molecular formula is C22H22N2O4S. The van der Waals surface area contributed by atoms with E-state index in [1.165, 1.54) is 16.7 Å². The van der Waals surface area contributed by atoms with Crippen molar-refractivity contribution in [3.63, 3.8) is 0 Å². The number of ether oxygens (including phenoxy) is 1. The number of rotatable bonds is 5. The molecule has 2 heterocycles. The summed E-state index contributed by atoms with van der Waals surface area (Å²) in [7, 11) is 0. The van der Waals surface area contributed by atoms with Gasteiger partial charge in [0.05, 0.1) is 5.69 Å². The molecule has 4 rings (SSSR count). The van der Waals surface area contributed by atoms with E-state index in [-0.39, 0.29) is 18.2 Å². The summed E-state index contributed by atoms with van der Waals surface area (Å²) in [5.41, 5.74) is 2.45. The van der Waals surface area contributed by atoms with Gasteiger partial charge in [0, 0.05) is 23.4 Å². The minimum Gasteiger partial charge on any atom is -0.453 e. The number of nitrogens with one attached hydrogen (secondary N) is 1. The number of nitrogens with zero attached hydrogens (tertiary/aromatic N) is 1. The summed E-state index contributed by atoms with van der Waals surface area (Å²) in [6.07, 6.45) is 0.645. The fourth-order valence-electron chi connectivity index (χ4n) is 3.82. The number of fused-ring (bicyclic) bond motifs is 3. The molecule has 0 radical (unpaired) electrons. The Morgan fingerprint density at radius 3 is 2.69 bits per heavy atom. The first kappa shape index (κ1) is 19.5. The van der Waals surface area contributed by atoms with Crippen molar-refractivity contribution in [2.24, 2.45) is 0 Å². The van der Waals surface area contributed by atoms with E-state index in [0.717, 1.165) is 16.1 Å². The lowest BCUT2D eigenvalue weighted by atomic mass is 10.0. The van der Waals surface area contributed by atoms with Crippen molar-refractivity contribution in [1.29, 1.82) is 0 Å². The quantitative estimate of drug-likeness (QED) is 0.756. The molecule has 1 fully saturated rings. The van der Waals surface area contributed by atoms with Gasteiger partial charge in [-0.3, -0.25) is 14.5 Å². The van der Waals surface area contributed by atoms with Gasteiger partial charge in [0.2, 0.25) is 5.91 Å². The number of carbonyl (C=O) groups is 3. The fourth-order valence-corrected chi connectivity index (χ4v) is 5.23. The highest BCUT2D eigenvalue weighted by molar-refractivity contribution is 8.02. The van der Waals surface area contributed by atoms with Crippen LogP contribution < -0.4 is 10.2 Å². The largest absolute Gasteiger partial charge is 0.453 e. The van der Waals surface area contributed by atoms with Crippen LogP contribution in [-0.2, 0) is 19.1 Å². The van der Waals surface area contributed by atoms with Gasteiger partial charge in [-0.15, -0.1) is 0 Å². The molecule has 0 aromatic heterocycles. The molecule has 1 N–H and O–H groups in total. The molecule has 7 heteroatoms. The summed E-state index contributed by atoms with van der Waals surface area (Å²) in [5.74, 6) is -0.815. The molecular weight excluding hydrogens is 388 g/mol. The van der Waals surface area contributed by atoms with E-state index in [2.05, 4.69) is 5.32 Å². The molecule has 150 valence electrons. The molecule has 2 aliphatic heterocycles. The Balaban J connectivity index is 1.45. The summed E-state index contributed by atoms with van der Waals surface area (Å²) in [5, 5.41) is 2.82. The van der Waals surface area contributed by atoms with Gasteiger partial charge in [-0.25, -0.2) is 4.79 Å². The summed E-state index contributed by atoms with van der Waals surface area (Å²) in [4.78, 5) is 39.1. The Bertz CT molecular complexity index is 990. The number of benzene rings is 2. The molecule has 1 atom stereocenters. The van der Waals surface area contributed by atoms with Crippen LogP contribution >= 0.6 is 11.8 Å². The van der Waals surface area contributed by atoms with Gasteiger partial charge < -0.3 is 10.1 Å². The second kappa shape index (κ2) is 7.55. The van der Waals surface area contributed by atoms with Crippen LogP contribution in [0.2, 0.25) is 0 Å². The molecule has 0 unspecified atom stereocenters. The van der Waals surface area contributed by atoms with E-state index in [0.29, 0.717) is 12.1 Å². The lowest BCUT2D eigenvalue weighted by Gasteiger charge is -2.28. The lowest BCUT2D eigenvalue weighted by molar-refractivity contribution is -0.149. The fraction of sp³-hybridized carbons (Fsp3) is 0.318. The third-order valence-electron chi connectivity index (χ3n) is 5.18. The van der Waals surface area contributed by atoms with Crippen LogP contribution in [0.4, 0.5) is 11.4 Å². The SMILES string of the molecule is CC(C)c1ccccc1NC(=O)COC(=O)[C@]12CCC(=O)N1c1ccccc1S2. The van der Waals surface area contributed by atoms with Crippen molar-refractivity contribution in [3.8, 4) is 0 Å². The normalized spacial score (nSPS) is 19.8. The second-order valence-corrected chi connectivity index (χ2v) is 8.77. The zero-order chi connectivity index (χ0) is 20.6. The van der Waals surface area contributed by atoms with Gasteiger partial charge >= 0.3 is 5.97 Å². The van der Waals surface area contributed by atoms with Gasteiger partial charge in [0.25, 0.3) is 5.91 Å². The molecule has 1 saturated heterocycles. The number of hydrogen-bond acceptors (Lipinski definition) is 5. The first-order valence-corrected chi connectivity index (χ1v) is 10.4. The lowest BCUT2D eigenvalue weighted by Crippen LogP contribution is -2.48. The number of carbonyl (C=O) groups excluding carboxylic acids is 3. The summed E-state index contributed by atoms with van der Waals surface area (Å²) in [6, 6.07) is 15.0. The van der Waals surface area contributed by atoms with Crippen LogP contribution in [0, 0.1) is 0 Å². The van der Waals surface area contributed by atoms with E-state index in [4.69, 9.17) is 4.74 Å². The van der Waals surface area contributed by atoms with Crippen LogP contribution in [0.1, 0.15) is 38.2 Å². The van der Waals surface area contributed by atoms with Crippen LogP contribution in [0.3, 0.4) is 0 Å². The highest BCUT2D eigenvalue weighted by atomic mass is 32.2. The first-order valence-electron chi connectivity index (χ1n) is 9.59. The van der Waals surface area contributed by atoms with Crippen LogP contribution in [-0.4, -0.2) is 29.3 Å². The van der Waals surface area contributed by atoms with Crippen LogP contribution in [0.15, 0.2) is 53.4 Å². The van der Waals surface area contributed by atoms with Crippen molar-refractivity contribution in [2.75, 3.05) is 16.8 Å². The molecule has 2 aromatic carbocycles. The van der Waals surface area contributed by atoms with Crippen molar-refractivity contribution in [1.82, 2.24) is 0 Å². The summed E-state index contributed by atoms with van der Waals surface area (Å²) >= 11 is 1.33. The van der Waals surface area contributed by atoms with E-state index in [1.54, 1.807) is 0 Å². The van der Waals surface area contributed by atoms with Crippen LogP contribution in [0.25, 0.3) is 0 Å². The zero-order valence-electron chi connectivity index (χ0n) is 16.3. The van der Waals surface area contributed by atoms with Crippen molar-refractivity contribution in [3.05, 3.63) is 54.1 Å². The third kappa shape index (κ3) is 3.40. The molecule has 2 amide bonds. The molecule has 0 spiro atoms. The van der Waals surface area contributed by atoms with Gasteiger partial charge in [-0.1, -0.05) is 55.9 Å². The predicted molar refractivity (Wildman–Crippen MR) is 112 cm³/mol. The standard InChI is InChI=1S/C22H22N2O4S/c1-14(2)15-7-3-4-8-16(15)23-19(25)13-28-21(27)22-12-11-20(26)24(22)17-9-5-6-10-18(17)29-22/h3-10,14H,11-13H2,1-2H3,(H,23,25)/t22-/m1/s1. The summed E-state index contributed by atoms with van der Waals surface area (Å²) < 4.78 is 5.38. The molecule has 6 nitrogen and oxygen atoms in total. The number of anilines is 2. The molecule has 2 aromatic rings. The second-order valence-electron chi connectivity index (χ2n) is 7.45. The van der Waals surface area contributed by atoms with Crippen molar-refractivity contribution < 1.29 is 19.1 Å². The zero-order valence-corrected chi connectivity index (χ0v) is 17.1. The number of thioether (sulfide) groups is 1. The Hall–Kier alpha value is -2.80. The van der Waals surface area contributed by atoms with Gasteiger partial charge in [-0.2, -0.15) is 0 Å². The average molecular weight is 410 g/mol. The topological polar surface area (TPSA) is 75.7 Å². The maximum atomic E-state index is 13.0. The number of hydrogen-bond donors (Lipinski definition) is 1. The maximum absolute atomic E-state index is 13.0. The molecule has 2 aliphatic rings. The molecule has 0 saturated carbocycles. The van der Waals surface area contributed by atoms with E-state index in [9.17, 15) is 14.4 Å². The van der Waals surface area contributed by atoms with Gasteiger partial charge in [-0.05, 0) is 29.7 Å². The van der Waals surface area contributed by atoms with Gasteiger partial charge in [0.15, 0.2) is 11.5 Å². The molecule has 0 aliphatic carbocycles. The number of esters is 1. The maximum Gasteiger partial charge on any atom is 0.344 e. The molecule has 0 bridgehead atoms. The minimum atomic E-state index is -1.11. The van der Waals surface area contributed by atoms with Gasteiger partial charge in [0.1, 0.15) is 0 Å². The summed E-state index contributed by atoms with van der Waals surface area (Å²) in [6.45, 7) is 3.70. The Labute approximate surface area is 173 Å². The minimum absolute atomic E-state index is 0.102. The van der Waals surface area contributed by atoms with E-state index >= 15 is 0 Å². The van der Waals surface area contributed by atoms with Crippen molar-refractivity contribution >= 4 is 40.9 Å². The van der Waals surface area contributed by atoms with E-state index in [1.807, 2.05) is 62.4 Å². The Morgan fingerprint density at radius 1 is 1.17 bits per heavy atom. The smallest absolute Gasteiger partial charge is 0.344 e. The third-order valence-corrected chi connectivity index (χ3v) is 6.64.